The minimum Gasteiger partial charge on any atom is -0.412 e. The number of alkyl halides is 2. The molecule has 0 saturated carbocycles. The van der Waals surface area contributed by atoms with E-state index in [9.17, 15) is 13.6 Å². The minimum atomic E-state index is -2.79. The van der Waals surface area contributed by atoms with Crippen LogP contribution < -0.4 is 0 Å². The molecule has 0 fully saturated rings. The van der Waals surface area contributed by atoms with Crippen LogP contribution in [0.25, 0.3) is 0 Å². The molecule has 2 N–H and O–H groups in total. The average Bonchev–Trinajstić information content (AvgIpc) is 1.36. The highest BCUT2D eigenvalue weighted by atomic mass is 19.3. The van der Waals surface area contributed by atoms with E-state index in [2.05, 4.69) is 0 Å². The van der Waals surface area contributed by atoms with E-state index in [4.69, 9.17) is 0 Å². The number of hydrogen-bond donors (Lipinski definition) is 0. The molecule has 0 heterocycles. The summed E-state index contributed by atoms with van der Waals surface area (Å²) in [6.07, 6.45) is -2.79. The topological polar surface area (TPSA) is 48.6 Å². The fourth-order valence-electron chi connectivity index (χ4n) is 0. The predicted molar refractivity (Wildman–Crippen MR) is 20.3 cm³/mol. The van der Waals surface area contributed by atoms with Gasteiger partial charge >= 0.3 is 0 Å². The van der Waals surface area contributed by atoms with E-state index < -0.39 is 12.2 Å². The van der Waals surface area contributed by atoms with Crippen molar-refractivity contribution >= 4 is 5.78 Å². The van der Waals surface area contributed by atoms with Gasteiger partial charge in [-0.1, -0.05) is 0 Å². The largest absolute Gasteiger partial charge is 0.412 e. The lowest BCUT2D eigenvalue weighted by molar-refractivity contribution is -0.127. The molecule has 0 aromatic heterocycles. The molecule has 0 amide bonds. The zero-order chi connectivity index (χ0) is 5.15. The van der Waals surface area contributed by atoms with Crippen LogP contribution in [0.3, 0.4) is 0 Å². The van der Waals surface area contributed by atoms with Crippen molar-refractivity contribution in [2.24, 2.45) is 0 Å². The van der Waals surface area contributed by atoms with E-state index in [0.29, 0.717) is 0 Å². The molecule has 44 valence electrons. The Morgan fingerprint density at radius 2 is 1.71 bits per heavy atom. The zero-order valence-electron chi connectivity index (χ0n) is 3.74. The highest BCUT2D eigenvalue weighted by Gasteiger charge is 2.05. The van der Waals surface area contributed by atoms with Crippen LogP contribution in [0.4, 0.5) is 8.78 Å². The maximum Gasteiger partial charge on any atom is 0.295 e. The van der Waals surface area contributed by atoms with E-state index in [1.807, 2.05) is 0 Å². The van der Waals surface area contributed by atoms with E-state index >= 15 is 0 Å². The van der Waals surface area contributed by atoms with Gasteiger partial charge < -0.3 is 5.48 Å². The Balaban J connectivity index is 0. The molecule has 0 atom stereocenters. The van der Waals surface area contributed by atoms with Crippen molar-refractivity contribution in [3.63, 3.8) is 0 Å². The summed E-state index contributed by atoms with van der Waals surface area (Å²) in [6.45, 7) is 0.852. The number of rotatable bonds is 1. The van der Waals surface area contributed by atoms with Crippen molar-refractivity contribution in [2.45, 2.75) is 13.3 Å². The van der Waals surface area contributed by atoms with Gasteiger partial charge in [0.05, 0.1) is 0 Å². The first-order valence-corrected chi connectivity index (χ1v) is 1.43. The summed E-state index contributed by atoms with van der Waals surface area (Å²) in [5, 5.41) is 0. The van der Waals surface area contributed by atoms with E-state index in [1.54, 1.807) is 0 Å². The summed E-state index contributed by atoms with van der Waals surface area (Å²) in [4.78, 5) is 9.39. The van der Waals surface area contributed by atoms with Crippen LogP contribution in [-0.4, -0.2) is 17.7 Å². The lowest BCUT2D eigenvalue weighted by Crippen LogP contribution is -2.02. The number of hydrogen-bond acceptors (Lipinski definition) is 1. The standard InChI is InChI=1S/C3H4F2O.H2O/c1-2(6)3(4)5;/h3H,1H3;1H2. The normalized spacial score (nSPS) is 8.00. The summed E-state index contributed by atoms with van der Waals surface area (Å²) in [7, 11) is 0. The number of Topliss-reactive ketones (excluding diaryl/α,β-unsaturated/α-hetero) is 1. The van der Waals surface area contributed by atoms with E-state index in [-0.39, 0.29) is 5.48 Å². The van der Waals surface area contributed by atoms with Crippen molar-refractivity contribution < 1.29 is 19.1 Å². The van der Waals surface area contributed by atoms with Gasteiger partial charge in [-0.2, -0.15) is 0 Å². The Labute approximate surface area is 39.4 Å². The molecule has 0 aromatic rings. The van der Waals surface area contributed by atoms with Crippen LogP contribution >= 0.6 is 0 Å². The fraction of sp³-hybridized carbons (Fsp3) is 0.667. The fourth-order valence-corrected chi connectivity index (χ4v) is 0. The average molecular weight is 112 g/mol. The second kappa shape index (κ2) is 3.67. The van der Waals surface area contributed by atoms with E-state index in [0.717, 1.165) is 6.92 Å². The molecule has 7 heavy (non-hydrogen) atoms. The molecular weight excluding hydrogens is 106 g/mol. The first-order chi connectivity index (χ1) is 2.64. The Bertz CT molecular complexity index is 62.0. The highest BCUT2D eigenvalue weighted by Crippen LogP contribution is 1.89. The molecule has 0 bridgehead atoms. The molecule has 0 spiro atoms. The first kappa shape index (κ1) is 9.70. The molecule has 0 aromatic carbocycles. The lowest BCUT2D eigenvalue weighted by Gasteiger charge is -1.82. The van der Waals surface area contributed by atoms with Gasteiger partial charge in [0.2, 0.25) is 0 Å². The van der Waals surface area contributed by atoms with Crippen LogP contribution in [-0.2, 0) is 4.79 Å². The molecule has 2 nitrogen and oxygen atoms in total. The van der Waals surface area contributed by atoms with Crippen molar-refractivity contribution in [3.8, 4) is 0 Å². The maximum absolute atomic E-state index is 10.8. The number of halogens is 2. The van der Waals surface area contributed by atoms with Gasteiger partial charge in [-0.25, -0.2) is 8.78 Å². The summed E-state index contributed by atoms with van der Waals surface area (Å²) in [5.74, 6) is -1.07. The third kappa shape index (κ3) is 5.49. The molecule has 0 saturated heterocycles. The van der Waals surface area contributed by atoms with Gasteiger partial charge in [-0.3, -0.25) is 4.79 Å². The summed E-state index contributed by atoms with van der Waals surface area (Å²) in [6, 6.07) is 0. The monoisotopic (exact) mass is 112 g/mol. The highest BCUT2D eigenvalue weighted by molar-refractivity contribution is 5.78. The van der Waals surface area contributed by atoms with Gasteiger partial charge in [-0.05, 0) is 0 Å². The minimum absolute atomic E-state index is 0. The number of ketones is 1. The first-order valence-electron chi connectivity index (χ1n) is 1.43. The number of carbonyl (C=O) groups excluding carboxylic acids is 1. The molecule has 0 aliphatic heterocycles. The second-order valence-corrected chi connectivity index (χ2v) is 0.911. The number of carbonyl (C=O) groups is 1. The summed E-state index contributed by atoms with van der Waals surface area (Å²) >= 11 is 0. The summed E-state index contributed by atoms with van der Waals surface area (Å²) in [5.41, 5.74) is 0. The van der Waals surface area contributed by atoms with Gasteiger partial charge in [0.1, 0.15) is 0 Å². The van der Waals surface area contributed by atoms with Gasteiger partial charge in [0.25, 0.3) is 6.43 Å². The van der Waals surface area contributed by atoms with Crippen LogP contribution in [0.5, 0.6) is 0 Å². The van der Waals surface area contributed by atoms with Crippen molar-refractivity contribution in [3.05, 3.63) is 0 Å². The van der Waals surface area contributed by atoms with Crippen molar-refractivity contribution in [2.75, 3.05) is 0 Å². The van der Waals surface area contributed by atoms with Crippen molar-refractivity contribution in [1.82, 2.24) is 0 Å². The van der Waals surface area contributed by atoms with Gasteiger partial charge in [-0.15, -0.1) is 0 Å². The van der Waals surface area contributed by atoms with Gasteiger partial charge in [0, 0.05) is 6.92 Å². The molecule has 0 radical (unpaired) electrons. The van der Waals surface area contributed by atoms with Crippen LogP contribution in [0.1, 0.15) is 6.92 Å². The Morgan fingerprint density at radius 1 is 1.57 bits per heavy atom. The molecular formula is C3H6F2O2. The molecule has 4 heteroatoms. The van der Waals surface area contributed by atoms with Gasteiger partial charge in [0.15, 0.2) is 5.78 Å². The van der Waals surface area contributed by atoms with E-state index in [1.165, 1.54) is 0 Å². The molecule has 0 aliphatic carbocycles. The maximum atomic E-state index is 10.8. The summed E-state index contributed by atoms with van der Waals surface area (Å²) < 4.78 is 21.6. The predicted octanol–water partition coefficient (Wildman–Crippen LogP) is 0.0158. The molecule has 0 unspecified atom stereocenters. The van der Waals surface area contributed by atoms with Crippen LogP contribution in [0.2, 0.25) is 0 Å². The molecule has 0 rings (SSSR count). The smallest absolute Gasteiger partial charge is 0.295 e. The SMILES string of the molecule is CC(=O)C(F)F.O. The quantitative estimate of drug-likeness (QED) is 0.471. The third-order valence-electron chi connectivity index (χ3n) is 0.307. The Kier molecular flexibility index (Phi) is 5.09. The van der Waals surface area contributed by atoms with Crippen molar-refractivity contribution in [1.29, 1.82) is 0 Å². The lowest BCUT2D eigenvalue weighted by atomic mass is 10.5. The zero-order valence-corrected chi connectivity index (χ0v) is 3.74. The second-order valence-electron chi connectivity index (χ2n) is 0.911. The van der Waals surface area contributed by atoms with Crippen LogP contribution in [0, 0.1) is 0 Å². The Morgan fingerprint density at radius 3 is 1.71 bits per heavy atom. The van der Waals surface area contributed by atoms with Crippen LogP contribution in [0.15, 0.2) is 0 Å². The third-order valence-corrected chi connectivity index (χ3v) is 0.307. The molecule has 0 aliphatic rings. The Hall–Kier alpha value is -0.510.